The number of nitrogens with one attached hydrogen (secondary N) is 1. The van der Waals surface area contributed by atoms with Crippen LogP contribution in [-0.2, 0) is 14.8 Å². The van der Waals surface area contributed by atoms with Crippen LogP contribution in [0.1, 0.15) is 19.4 Å². The number of hydrogen-bond donors (Lipinski definition) is 2. The maximum absolute atomic E-state index is 14.0. The molecule has 2 aromatic carbocycles. The number of sulfonamides is 1. The van der Waals surface area contributed by atoms with Crippen molar-refractivity contribution < 1.29 is 27.4 Å². The quantitative estimate of drug-likeness (QED) is 0.498. The summed E-state index contributed by atoms with van der Waals surface area (Å²) in [6.07, 6.45) is -0.542. The van der Waals surface area contributed by atoms with Crippen molar-refractivity contribution in [1.29, 1.82) is 0 Å². The number of aliphatic hydroxyl groups excluding tert-OH is 1. The van der Waals surface area contributed by atoms with Crippen molar-refractivity contribution in [2.45, 2.75) is 37.8 Å². The third kappa shape index (κ3) is 6.99. The van der Waals surface area contributed by atoms with Crippen molar-refractivity contribution in [3.63, 3.8) is 0 Å². The number of urea groups is 1. The monoisotopic (exact) mass is 495 g/mol. The number of halogens is 1. The molecule has 10 heteroatoms. The van der Waals surface area contributed by atoms with E-state index in [1.807, 2.05) is 13.8 Å². The van der Waals surface area contributed by atoms with E-state index in [0.717, 1.165) is 5.56 Å². The second-order valence-corrected chi connectivity index (χ2v) is 10.5. The Bertz CT molecular complexity index is 1050. The Balaban J connectivity index is 2.14. The third-order valence-electron chi connectivity index (χ3n) is 5.76. The topological polar surface area (TPSA) is 99.2 Å². The largest absolute Gasteiger partial charge is 0.394 e. The van der Waals surface area contributed by atoms with Crippen LogP contribution in [0, 0.1) is 18.7 Å². The van der Waals surface area contributed by atoms with Gasteiger partial charge < -0.3 is 20.1 Å². The van der Waals surface area contributed by atoms with Crippen LogP contribution in [0.2, 0.25) is 0 Å². The van der Waals surface area contributed by atoms with E-state index < -0.39 is 34.0 Å². The van der Waals surface area contributed by atoms with E-state index >= 15 is 0 Å². The van der Waals surface area contributed by atoms with Gasteiger partial charge in [-0.3, -0.25) is 0 Å². The lowest BCUT2D eigenvalue weighted by atomic mass is 10.0. The van der Waals surface area contributed by atoms with E-state index in [2.05, 4.69) is 5.32 Å². The average molecular weight is 496 g/mol. The fourth-order valence-electron chi connectivity index (χ4n) is 3.47. The Hall–Kier alpha value is -2.53. The summed E-state index contributed by atoms with van der Waals surface area (Å²) >= 11 is 0. The van der Waals surface area contributed by atoms with Gasteiger partial charge in [0.2, 0.25) is 10.0 Å². The number of likely N-dealkylation sites (N-methyl/N-ethyl adjacent to an activating group) is 1. The van der Waals surface area contributed by atoms with Gasteiger partial charge in [0.25, 0.3) is 0 Å². The number of benzene rings is 2. The SMILES string of the molecule is CO[C@H](CN(C)S(=O)(=O)c1ccc(C)cc1)[C@H](C)CN(C(=O)Nc1ccccc1F)[C@H](C)CO. The van der Waals surface area contributed by atoms with Crippen molar-refractivity contribution in [2.75, 3.05) is 39.2 Å². The number of carbonyl (C=O) groups is 1. The minimum atomic E-state index is -3.73. The smallest absolute Gasteiger partial charge is 0.322 e. The number of methoxy groups -OCH3 is 1. The van der Waals surface area contributed by atoms with E-state index in [-0.39, 0.29) is 36.2 Å². The molecule has 0 aliphatic rings. The van der Waals surface area contributed by atoms with Crippen LogP contribution < -0.4 is 5.32 Å². The Kier molecular flexibility index (Phi) is 9.99. The Labute approximate surface area is 201 Å². The number of rotatable bonds is 11. The lowest BCUT2D eigenvalue weighted by Crippen LogP contribution is -2.49. The van der Waals surface area contributed by atoms with Gasteiger partial charge in [-0.25, -0.2) is 17.6 Å². The Morgan fingerprint density at radius 1 is 1.12 bits per heavy atom. The Morgan fingerprint density at radius 3 is 2.29 bits per heavy atom. The predicted molar refractivity (Wildman–Crippen MR) is 130 cm³/mol. The standard InChI is InChI=1S/C24H34FN3O5S/c1-17-10-12-20(13-11-17)34(31,32)27(4)15-23(33-5)18(2)14-28(19(3)16-29)24(30)26-22-9-7-6-8-21(22)25/h6-13,18-19,23,29H,14-16H2,1-5H3,(H,26,30)/t18-,19-,23-/m1/s1. The molecule has 2 N–H and O–H groups in total. The van der Waals surface area contributed by atoms with E-state index in [4.69, 9.17) is 4.74 Å². The highest BCUT2D eigenvalue weighted by molar-refractivity contribution is 7.89. The van der Waals surface area contributed by atoms with Gasteiger partial charge in [-0.2, -0.15) is 4.31 Å². The van der Waals surface area contributed by atoms with Gasteiger partial charge in [0.1, 0.15) is 5.82 Å². The minimum Gasteiger partial charge on any atom is -0.394 e. The highest BCUT2D eigenvalue weighted by atomic mass is 32.2. The maximum Gasteiger partial charge on any atom is 0.322 e. The van der Waals surface area contributed by atoms with Gasteiger partial charge >= 0.3 is 6.03 Å². The molecule has 0 unspecified atom stereocenters. The molecule has 188 valence electrons. The molecule has 0 aliphatic heterocycles. The summed E-state index contributed by atoms with van der Waals surface area (Å²) in [6, 6.07) is 11.3. The third-order valence-corrected chi connectivity index (χ3v) is 7.60. The molecule has 0 spiro atoms. The zero-order valence-electron chi connectivity index (χ0n) is 20.2. The Morgan fingerprint density at radius 2 is 1.74 bits per heavy atom. The van der Waals surface area contributed by atoms with E-state index in [0.29, 0.717) is 0 Å². The summed E-state index contributed by atoms with van der Waals surface area (Å²) in [5.41, 5.74) is 0.985. The van der Waals surface area contributed by atoms with Crippen LogP contribution in [0.3, 0.4) is 0 Å². The first-order valence-corrected chi connectivity index (χ1v) is 12.4. The highest BCUT2D eigenvalue weighted by Gasteiger charge is 2.30. The zero-order chi connectivity index (χ0) is 25.5. The molecule has 0 fully saturated rings. The number of ether oxygens (including phenoxy) is 1. The predicted octanol–water partition coefficient (Wildman–Crippen LogP) is 3.32. The van der Waals surface area contributed by atoms with E-state index in [1.54, 1.807) is 37.3 Å². The van der Waals surface area contributed by atoms with Crippen LogP contribution in [0.5, 0.6) is 0 Å². The normalized spacial score (nSPS) is 14.5. The molecule has 0 radical (unpaired) electrons. The molecule has 34 heavy (non-hydrogen) atoms. The molecule has 0 bridgehead atoms. The van der Waals surface area contributed by atoms with E-state index in [1.165, 1.54) is 41.6 Å². The van der Waals surface area contributed by atoms with Crippen molar-refractivity contribution >= 4 is 21.7 Å². The second-order valence-electron chi connectivity index (χ2n) is 8.44. The summed E-state index contributed by atoms with van der Waals surface area (Å²) in [6.45, 7) is 5.29. The first-order chi connectivity index (χ1) is 16.0. The summed E-state index contributed by atoms with van der Waals surface area (Å²) < 4.78 is 46.7. The number of carbonyl (C=O) groups excluding carboxylic acids is 1. The fraction of sp³-hybridized carbons (Fsp3) is 0.458. The molecule has 2 amide bonds. The molecule has 0 aliphatic carbocycles. The zero-order valence-corrected chi connectivity index (χ0v) is 21.0. The summed E-state index contributed by atoms with van der Waals surface area (Å²) in [4.78, 5) is 14.5. The van der Waals surface area contributed by atoms with Crippen LogP contribution in [0.15, 0.2) is 53.4 Å². The van der Waals surface area contributed by atoms with Gasteiger partial charge in [-0.1, -0.05) is 36.8 Å². The summed E-state index contributed by atoms with van der Waals surface area (Å²) in [7, 11) is -0.769. The molecule has 0 saturated heterocycles. The van der Waals surface area contributed by atoms with Crippen LogP contribution in [0.4, 0.5) is 14.9 Å². The van der Waals surface area contributed by atoms with E-state index in [9.17, 15) is 22.7 Å². The van der Waals surface area contributed by atoms with Gasteiger partial charge in [0.15, 0.2) is 0 Å². The van der Waals surface area contributed by atoms with Gasteiger partial charge in [-0.15, -0.1) is 0 Å². The van der Waals surface area contributed by atoms with Crippen molar-refractivity contribution in [3.05, 3.63) is 59.9 Å². The molecule has 2 aromatic rings. The number of nitrogens with zero attached hydrogens (tertiary/aromatic N) is 2. The lowest BCUT2D eigenvalue weighted by Gasteiger charge is -2.34. The summed E-state index contributed by atoms with van der Waals surface area (Å²) in [5, 5.41) is 12.2. The second kappa shape index (κ2) is 12.3. The number of para-hydroxylation sites is 1. The van der Waals surface area contributed by atoms with Crippen molar-refractivity contribution in [1.82, 2.24) is 9.21 Å². The fourth-order valence-corrected chi connectivity index (χ4v) is 4.65. The number of amides is 2. The number of hydrogen-bond acceptors (Lipinski definition) is 5. The first kappa shape index (κ1) is 27.7. The van der Waals surface area contributed by atoms with Gasteiger partial charge in [0, 0.05) is 33.2 Å². The molecular weight excluding hydrogens is 461 g/mol. The van der Waals surface area contributed by atoms with Gasteiger partial charge in [0.05, 0.1) is 29.3 Å². The highest BCUT2D eigenvalue weighted by Crippen LogP contribution is 2.20. The lowest BCUT2D eigenvalue weighted by molar-refractivity contribution is 0.0305. The maximum atomic E-state index is 14.0. The van der Waals surface area contributed by atoms with Crippen LogP contribution in [-0.4, -0.2) is 74.8 Å². The van der Waals surface area contributed by atoms with Crippen molar-refractivity contribution in [2.24, 2.45) is 5.92 Å². The van der Waals surface area contributed by atoms with Crippen LogP contribution >= 0.6 is 0 Å². The molecule has 0 aromatic heterocycles. The molecule has 8 nitrogen and oxygen atoms in total. The minimum absolute atomic E-state index is 0.0301. The summed E-state index contributed by atoms with van der Waals surface area (Å²) in [5.74, 6) is -0.876. The van der Waals surface area contributed by atoms with Crippen LogP contribution in [0.25, 0.3) is 0 Å². The molecule has 2 rings (SSSR count). The molecule has 3 atom stereocenters. The number of anilines is 1. The van der Waals surface area contributed by atoms with Crippen molar-refractivity contribution in [3.8, 4) is 0 Å². The molecule has 0 heterocycles. The molecular formula is C24H34FN3O5S. The van der Waals surface area contributed by atoms with Gasteiger partial charge in [-0.05, 0) is 38.1 Å². The number of aliphatic hydroxyl groups is 1. The first-order valence-electron chi connectivity index (χ1n) is 11.0. The number of aryl methyl sites for hydroxylation is 1. The molecule has 0 saturated carbocycles. The average Bonchev–Trinajstić information content (AvgIpc) is 2.81.